The minimum absolute atomic E-state index is 0.0336. The Morgan fingerprint density at radius 3 is 2.46 bits per heavy atom. The van der Waals surface area contributed by atoms with Crippen molar-refractivity contribution in [1.82, 2.24) is 4.90 Å². The van der Waals surface area contributed by atoms with Gasteiger partial charge in [-0.05, 0) is 29.8 Å². The van der Waals surface area contributed by atoms with E-state index in [1.807, 2.05) is 67.5 Å². The van der Waals surface area contributed by atoms with Crippen LogP contribution in [0.5, 0.6) is 0 Å². The zero-order valence-electron chi connectivity index (χ0n) is 15.2. The molecule has 26 heavy (non-hydrogen) atoms. The Bertz CT molecular complexity index is 805. The number of amides is 2. The van der Waals surface area contributed by atoms with E-state index in [-0.39, 0.29) is 18.2 Å². The van der Waals surface area contributed by atoms with E-state index in [0.29, 0.717) is 6.54 Å². The van der Waals surface area contributed by atoms with Gasteiger partial charge in [-0.15, -0.1) is 11.8 Å². The number of benzene rings is 2. The van der Waals surface area contributed by atoms with E-state index in [1.54, 1.807) is 11.9 Å². The highest BCUT2D eigenvalue weighted by molar-refractivity contribution is 8.01. The standard InChI is InChI=1S/C20H23N3O2S/c1-22(2)15-10-8-14(9-11-15)13-23(3)19(24)12-18-20(25)21-16-6-4-5-7-17(16)26-18/h4-11,18H,12-13H2,1-3H3,(H,21,25). The van der Waals surface area contributed by atoms with Crippen molar-refractivity contribution in [2.75, 3.05) is 31.4 Å². The number of fused-ring (bicyclic) bond motifs is 1. The van der Waals surface area contributed by atoms with Crippen LogP contribution in [0.15, 0.2) is 53.4 Å². The largest absolute Gasteiger partial charge is 0.378 e. The van der Waals surface area contributed by atoms with Gasteiger partial charge in [0.2, 0.25) is 11.8 Å². The van der Waals surface area contributed by atoms with Crippen molar-refractivity contribution in [3.63, 3.8) is 0 Å². The summed E-state index contributed by atoms with van der Waals surface area (Å²) in [4.78, 5) is 29.6. The van der Waals surface area contributed by atoms with Gasteiger partial charge >= 0.3 is 0 Å². The van der Waals surface area contributed by atoms with E-state index in [0.717, 1.165) is 21.8 Å². The van der Waals surface area contributed by atoms with Crippen molar-refractivity contribution in [3.05, 3.63) is 54.1 Å². The molecule has 5 nitrogen and oxygen atoms in total. The Morgan fingerprint density at radius 2 is 1.77 bits per heavy atom. The molecule has 1 aliphatic heterocycles. The molecule has 2 amide bonds. The van der Waals surface area contributed by atoms with Crippen LogP contribution >= 0.6 is 11.8 Å². The molecule has 6 heteroatoms. The molecule has 0 aromatic heterocycles. The fourth-order valence-electron chi connectivity index (χ4n) is 2.80. The predicted molar refractivity (Wildman–Crippen MR) is 107 cm³/mol. The first-order chi connectivity index (χ1) is 12.4. The number of para-hydroxylation sites is 1. The molecule has 0 saturated carbocycles. The van der Waals surface area contributed by atoms with E-state index >= 15 is 0 Å². The van der Waals surface area contributed by atoms with Gasteiger partial charge in [0.05, 0.1) is 10.9 Å². The number of rotatable bonds is 5. The van der Waals surface area contributed by atoms with E-state index in [4.69, 9.17) is 0 Å². The summed E-state index contributed by atoms with van der Waals surface area (Å²) in [6.07, 6.45) is 0.192. The molecule has 1 unspecified atom stereocenters. The SMILES string of the molecule is CN(Cc1ccc(N(C)C)cc1)C(=O)CC1Sc2ccccc2NC1=O. The average molecular weight is 369 g/mol. The molecular formula is C20H23N3O2S. The van der Waals surface area contributed by atoms with Crippen LogP contribution in [0.2, 0.25) is 0 Å². The Labute approximate surface area is 158 Å². The van der Waals surface area contributed by atoms with E-state index in [1.165, 1.54) is 11.8 Å². The fraction of sp³-hybridized carbons (Fsp3) is 0.300. The normalized spacial score (nSPS) is 15.8. The third kappa shape index (κ3) is 4.19. The lowest BCUT2D eigenvalue weighted by Crippen LogP contribution is -2.35. The van der Waals surface area contributed by atoms with Crippen LogP contribution in [0.3, 0.4) is 0 Å². The molecule has 1 atom stereocenters. The maximum Gasteiger partial charge on any atom is 0.238 e. The number of hydrogen-bond acceptors (Lipinski definition) is 4. The van der Waals surface area contributed by atoms with Crippen molar-refractivity contribution in [3.8, 4) is 0 Å². The first-order valence-electron chi connectivity index (χ1n) is 8.51. The molecule has 136 valence electrons. The van der Waals surface area contributed by atoms with Crippen molar-refractivity contribution in [2.24, 2.45) is 0 Å². The fourth-order valence-corrected chi connectivity index (χ4v) is 3.90. The first-order valence-corrected chi connectivity index (χ1v) is 9.39. The van der Waals surface area contributed by atoms with Crippen molar-refractivity contribution in [2.45, 2.75) is 23.1 Å². The molecule has 0 saturated heterocycles. The van der Waals surface area contributed by atoms with Gasteiger partial charge in [0.1, 0.15) is 0 Å². The molecule has 1 heterocycles. The van der Waals surface area contributed by atoms with E-state index < -0.39 is 5.25 Å². The Balaban J connectivity index is 1.60. The van der Waals surface area contributed by atoms with Crippen LogP contribution in [-0.2, 0) is 16.1 Å². The number of thioether (sulfide) groups is 1. The Hall–Kier alpha value is -2.47. The number of nitrogens with one attached hydrogen (secondary N) is 1. The van der Waals surface area contributed by atoms with Crippen LogP contribution in [0, 0.1) is 0 Å². The number of carbonyl (C=O) groups is 2. The molecule has 1 N–H and O–H groups in total. The van der Waals surface area contributed by atoms with Gasteiger partial charge in [0.15, 0.2) is 0 Å². The van der Waals surface area contributed by atoms with Gasteiger partial charge < -0.3 is 15.1 Å². The summed E-state index contributed by atoms with van der Waals surface area (Å²) in [6.45, 7) is 0.530. The second kappa shape index (κ2) is 7.83. The summed E-state index contributed by atoms with van der Waals surface area (Å²) >= 11 is 1.46. The second-order valence-corrected chi connectivity index (χ2v) is 7.85. The highest BCUT2D eigenvalue weighted by Crippen LogP contribution is 2.36. The molecule has 0 radical (unpaired) electrons. The van der Waals surface area contributed by atoms with Crippen LogP contribution in [0.25, 0.3) is 0 Å². The monoisotopic (exact) mass is 369 g/mol. The van der Waals surface area contributed by atoms with Crippen LogP contribution in [-0.4, -0.2) is 43.1 Å². The van der Waals surface area contributed by atoms with Crippen molar-refractivity contribution in [1.29, 1.82) is 0 Å². The number of hydrogen-bond donors (Lipinski definition) is 1. The van der Waals surface area contributed by atoms with E-state index in [9.17, 15) is 9.59 Å². The Kier molecular flexibility index (Phi) is 5.52. The highest BCUT2D eigenvalue weighted by Gasteiger charge is 2.29. The molecule has 2 aromatic rings. The van der Waals surface area contributed by atoms with Crippen LogP contribution in [0.4, 0.5) is 11.4 Å². The maximum absolute atomic E-state index is 12.6. The summed E-state index contributed by atoms with van der Waals surface area (Å²) in [5, 5.41) is 2.49. The molecule has 0 spiro atoms. The minimum Gasteiger partial charge on any atom is -0.378 e. The number of anilines is 2. The third-order valence-electron chi connectivity index (χ3n) is 4.36. The minimum atomic E-state index is -0.393. The van der Waals surface area contributed by atoms with Gasteiger partial charge in [-0.1, -0.05) is 24.3 Å². The molecule has 0 aliphatic carbocycles. The first kappa shape index (κ1) is 18.3. The molecule has 3 rings (SSSR count). The lowest BCUT2D eigenvalue weighted by Gasteiger charge is -2.25. The average Bonchev–Trinajstić information content (AvgIpc) is 2.62. The topological polar surface area (TPSA) is 52.6 Å². The lowest BCUT2D eigenvalue weighted by atomic mass is 10.1. The van der Waals surface area contributed by atoms with Gasteiger partial charge in [-0.25, -0.2) is 0 Å². The van der Waals surface area contributed by atoms with Gasteiger partial charge in [-0.3, -0.25) is 9.59 Å². The molecule has 0 bridgehead atoms. The summed E-state index contributed by atoms with van der Waals surface area (Å²) in [5.74, 6) is -0.139. The number of nitrogens with zero attached hydrogens (tertiary/aromatic N) is 2. The zero-order valence-corrected chi connectivity index (χ0v) is 16.0. The van der Waals surface area contributed by atoms with Crippen LogP contribution < -0.4 is 10.2 Å². The predicted octanol–water partition coefficient (Wildman–Crippen LogP) is 3.21. The third-order valence-corrected chi connectivity index (χ3v) is 5.64. The van der Waals surface area contributed by atoms with Crippen molar-refractivity contribution >= 4 is 35.0 Å². The van der Waals surface area contributed by atoms with E-state index in [2.05, 4.69) is 5.32 Å². The van der Waals surface area contributed by atoms with Gasteiger partial charge in [-0.2, -0.15) is 0 Å². The molecular weight excluding hydrogens is 346 g/mol. The zero-order chi connectivity index (χ0) is 18.7. The summed E-state index contributed by atoms with van der Waals surface area (Å²) in [6, 6.07) is 15.8. The molecule has 0 fully saturated rings. The maximum atomic E-state index is 12.6. The summed E-state index contributed by atoms with van der Waals surface area (Å²) < 4.78 is 0. The Morgan fingerprint density at radius 1 is 1.08 bits per heavy atom. The second-order valence-electron chi connectivity index (χ2n) is 6.61. The van der Waals surface area contributed by atoms with Gasteiger partial charge in [0.25, 0.3) is 0 Å². The molecule has 1 aliphatic rings. The lowest BCUT2D eigenvalue weighted by molar-refractivity contribution is -0.131. The quantitative estimate of drug-likeness (QED) is 0.879. The molecule has 2 aromatic carbocycles. The summed E-state index contributed by atoms with van der Waals surface area (Å²) in [5.41, 5.74) is 3.01. The highest BCUT2D eigenvalue weighted by atomic mass is 32.2. The number of carbonyl (C=O) groups excluding carboxylic acids is 2. The summed E-state index contributed by atoms with van der Waals surface area (Å²) in [7, 11) is 5.77. The van der Waals surface area contributed by atoms with Crippen molar-refractivity contribution < 1.29 is 9.59 Å². The van der Waals surface area contributed by atoms with Gasteiger partial charge in [0, 0.05) is 44.7 Å². The smallest absolute Gasteiger partial charge is 0.238 e. The van der Waals surface area contributed by atoms with Crippen LogP contribution in [0.1, 0.15) is 12.0 Å².